The predicted octanol–water partition coefficient (Wildman–Crippen LogP) is 0.393. The Morgan fingerprint density at radius 3 is 2.53 bits per heavy atom. The Morgan fingerprint density at radius 1 is 1.53 bits per heavy atom. The van der Waals surface area contributed by atoms with Gasteiger partial charge in [-0.1, -0.05) is 13.8 Å². The molecular weight excluding hydrogens is 192 g/mol. The van der Waals surface area contributed by atoms with Crippen LogP contribution in [-0.4, -0.2) is 29.7 Å². The molecule has 0 heterocycles. The molecule has 0 spiro atoms. The largest absolute Gasteiger partial charge is 0.396 e. The van der Waals surface area contributed by atoms with E-state index in [1.807, 2.05) is 13.8 Å². The smallest absolute Gasteiger partial charge is 0.221 e. The van der Waals surface area contributed by atoms with Gasteiger partial charge in [-0.3, -0.25) is 4.79 Å². The van der Waals surface area contributed by atoms with Crippen molar-refractivity contribution in [1.82, 2.24) is 5.32 Å². The van der Waals surface area contributed by atoms with Crippen molar-refractivity contribution in [3.63, 3.8) is 0 Å². The summed E-state index contributed by atoms with van der Waals surface area (Å²) in [7, 11) is 0. The number of nitrogens with one attached hydrogen (secondary N) is 1. The van der Waals surface area contributed by atoms with Gasteiger partial charge in [0, 0.05) is 30.5 Å². The Balaban J connectivity index is 2.24. The molecule has 15 heavy (non-hydrogen) atoms. The topological polar surface area (TPSA) is 75.3 Å². The lowest BCUT2D eigenvalue weighted by Crippen LogP contribution is -2.50. The maximum Gasteiger partial charge on any atom is 0.221 e. The molecule has 0 aromatic rings. The van der Waals surface area contributed by atoms with Gasteiger partial charge in [-0.2, -0.15) is 0 Å². The third kappa shape index (κ3) is 3.80. The number of carbonyl (C=O) groups is 1. The van der Waals surface area contributed by atoms with E-state index in [1.165, 1.54) is 0 Å². The van der Waals surface area contributed by atoms with Crippen LogP contribution in [-0.2, 0) is 4.79 Å². The van der Waals surface area contributed by atoms with Gasteiger partial charge in [-0.15, -0.1) is 0 Å². The van der Waals surface area contributed by atoms with Crippen LogP contribution in [0, 0.1) is 5.41 Å². The number of hydrogen-bond acceptors (Lipinski definition) is 3. The molecule has 1 fully saturated rings. The Labute approximate surface area is 91.2 Å². The van der Waals surface area contributed by atoms with Crippen molar-refractivity contribution in [3.05, 3.63) is 0 Å². The van der Waals surface area contributed by atoms with E-state index >= 15 is 0 Å². The molecule has 1 saturated carbocycles. The zero-order chi connectivity index (χ0) is 11.5. The van der Waals surface area contributed by atoms with Crippen LogP contribution in [0.1, 0.15) is 39.5 Å². The minimum absolute atomic E-state index is 0.00118. The number of nitrogens with two attached hydrogens (primary N) is 1. The van der Waals surface area contributed by atoms with E-state index in [4.69, 9.17) is 10.8 Å². The summed E-state index contributed by atoms with van der Waals surface area (Å²) >= 11 is 0. The maximum atomic E-state index is 11.5. The molecule has 0 unspecified atom stereocenters. The molecule has 0 bridgehead atoms. The van der Waals surface area contributed by atoms with Crippen LogP contribution in [0.5, 0.6) is 0 Å². The molecule has 1 aliphatic rings. The molecular formula is C11H22N2O2. The van der Waals surface area contributed by atoms with E-state index in [9.17, 15) is 4.79 Å². The molecule has 0 atom stereocenters. The van der Waals surface area contributed by atoms with Gasteiger partial charge in [-0.25, -0.2) is 0 Å². The van der Waals surface area contributed by atoms with Crippen LogP contribution < -0.4 is 11.1 Å². The molecule has 1 aliphatic carbocycles. The fourth-order valence-corrected chi connectivity index (χ4v) is 1.58. The minimum Gasteiger partial charge on any atom is -0.396 e. The molecule has 0 saturated heterocycles. The fourth-order valence-electron chi connectivity index (χ4n) is 1.58. The Bertz CT molecular complexity index is 235. The van der Waals surface area contributed by atoms with Crippen LogP contribution in [0.25, 0.3) is 0 Å². The zero-order valence-electron chi connectivity index (χ0n) is 9.68. The quantitative estimate of drug-likeness (QED) is 0.620. The molecule has 1 rings (SSSR count). The molecule has 4 N–H and O–H groups in total. The Kier molecular flexibility index (Phi) is 3.73. The van der Waals surface area contributed by atoms with E-state index in [-0.39, 0.29) is 23.5 Å². The molecule has 4 nitrogen and oxygen atoms in total. The number of rotatable bonds is 5. The van der Waals surface area contributed by atoms with E-state index in [0.29, 0.717) is 13.0 Å². The lowest BCUT2D eigenvalue weighted by Gasteiger charge is -2.37. The van der Waals surface area contributed by atoms with E-state index < -0.39 is 0 Å². The summed E-state index contributed by atoms with van der Waals surface area (Å²) in [6.07, 6.45) is 3.44. The van der Waals surface area contributed by atoms with Gasteiger partial charge in [0.2, 0.25) is 5.91 Å². The van der Waals surface area contributed by atoms with E-state index in [0.717, 1.165) is 19.3 Å². The first kappa shape index (κ1) is 12.5. The summed E-state index contributed by atoms with van der Waals surface area (Å²) < 4.78 is 0. The third-order valence-corrected chi connectivity index (χ3v) is 3.05. The standard InChI is InChI=1S/C11H22N2O2/c1-10(2,8-14)7-13-9(15)6-11(12)4-3-5-11/h14H,3-8,12H2,1-2H3,(H,13,15). The van der Waals surface area contributed by atoms with Crippen molar-refractivity contribution in [2.75, 3.05) is 13.2 Å². The number of hydrogen-bond donors (Lipinski definition) is 3. The highest BCUT2D eigenvalue weighted by Gasteiger charge is 2.34. The van der Waals surface area contributed by atoms with Crippen molar-refractivity contribution in [1.29, 1.82) is 0 Å². The number of carbonyl (C=O) groups excluding carboxylic acids is 1. The highest BCUT2D eigenvalue weighted by atomic mass is 16.3. The van der Waals surface area contributed by atoms with Crippen LogP contribution >= 0.6 is 0 Å². The summed E-state index contributed by atoms with van der Waals surface area (Å²) in [6, 6.07) is 0. The summed E-state index contributed by atoms with van der Waals surface area (Å²) in [5.74, 6) is -0.00118. The van der Waals surface area contributed by atoms with Crippen molar-refractivity contribution in [2.45, 2.75) is 45.1 Å². The molecule has 0 aromatic carbocycles. The highest BCUT2D eigenvalue weighted by molar-refractivity contribution is 5.77. The van der Waals surface area contributed by atoms with Crippen molar-refractivity contribution >= 4 is 5.91 Å². The molecule has 1 amide bonds. The van der Waals surface area contributed by atoms with Gasteiger partial charge in [0.1, 0.15) is 0 Å². The van der Waals surface area contributed by atoms with Crippen LogP contribution in [0.15, 0.2) is 0 Å². The fraction of sp³-hybridized carbons (Fsp3) is 0.909. The number of amides is 1. The maximum absolute atomic E-state index is 11.5. The third-order valence-electron chi connectivity index (χ3n) is 3.05. The van der Waals surface area contributed by atoms with Gasteiger partial charge in [0.25, 0.3) is 0 Å². The Hall–Kier alpha value is -0.610. The summed E-state index contributed by atoms with van der Waals surface area (Å²) in [5.41, 5.74) is 5.46. The minimum atomic E-state index is -0.257. The van der Waals surface area contributed by atoms with Crippen molar-refractivity contribution in [2.24, 2.45) is 11.1 Å². The van der Waals surface area contributed by atoms with E-state index in [2.05, 4.69) is 5.32 Å². The summed E-state index contributed by atoms with van der Waals surface area (Å²) in [5, 5.41) is 11.8. The van der Waals surface area contributed by atoms with Gasteiger partial charge in [0.05, 0.1) is 0 Å². The number of aliphatic hydroxyl groups excluding tert-OH is 1. The summed E-state index contributed by atoms with van der Waals surface area (Å²) in [6.45, 7) is 4.39. The average molecular weight is 214 g/mol. The second-order valence-electron chi connectivity index (χ2n) is 5.49. The molecule has 0 aliphatic heterocycles. The van der Waals surface area contributed by atoms with Crippen LogP contribution in [0.2, 0.25) is 0 Å². The highest BCUT2D eigenvalue weighted by Crippen LogP contribution is 2.31. The zero-order valence-corrected chi connectivity index (χ0v) is 9.68. The van der Waals surface area contributed by atoms with Crippen molar-refractivity contribution < 1.29 is 9.90 Å². The van der Waals surface area contributed by atoms with Gasteiger partial charge in [0.15, 0.2) is 0 Å². The SMILES string of the molecule is CC(C)(CO)CNC(=O)CC1(N)CCC1. The second kappa shape index (κ2) is 4.49. The monoisotopic (exact) mass is 214 g/mol. The predicted molar refractivity (Wildman–Crippen MR) is 59.3 cm³/mol. The van der Waals surface area contributed by atoms with Crippen LogP contribution in [0.4, 0.5) is 0 Å². The molecule has 0 radical (unpaired) electrons. The van der Waals surface area contributed by atoms with Gasteiger partial charge < -0.3 is 16.2 Å². The summed E-state index contributed by atoms with van der Waals surface area (Å²) in [4.78, 5) is 11.5. The van der Waals surface area contributed by atoms with Gasteiger partial charge >= 0.3 is 0 Å². The average Bonchev–Trinajstić information content (AvgIpc) is 2.13. The first-order valence-corrected chi connectivity index (χ1v) is 5.53. The van der Waals surface area contributed by atoms with Crippen LogP contribution in [0.3, 0.4) is 0 Å². The van der Waals surface area contributed by atoms with E-state index in [1.54, 1.807) is 0 Å². The molecule has 4 heteroatoms. The first-order chi connectivity index (χ1) is 6.87. The van der Waals surface area contributed by atoms with Gasteiger partial charge in [-0.05, 0) is 19.3 Å². The number of aliphatic hydroxyl groups is 1. The van der Waals surface area contributed by atoms with Crippen molar-refractivity contribution in [3.8, 4) is 0 Å². The molecule has 0 aromatic heterocycles. The second-order valence-corrected chi connectivity index (χ2v) is 5.49. The lowest BCUT2D eigenvalue weighted by atomic mass is 9.75. The lowest BCUT2D eigenvalue weighted by molar-refractivity contribution is -0.123. The Morgan fingerprint density at radius 2 is 2.13 bits per heavy atom. The molecule has 88 valence electrons. The normalized spacial score (nSPS) is 19.5. The first-order valence-electron chi connectivity index (χ1n) is 5.53.